The van der Waals surface area contributed by atoms with Crippen molar-refractivity contribution in [1.29, 1.82) is 0 Å². The van der Waals surface area contributed by atoms with Crippen LogP contribution in [0.15, 0.2) is 24.3 Å². The van der Waals surface area contributed by atoms with Crippen LogP contribution in [0.1, 0.15) is 62.7 Å². The van der Waals surface area contributed by atoms with Gasteiger partial charge in [-0.1, -0.05) is 45.0 Å². The van der Waals surface area contributed by atoms with Gasteiger partial charge in [-0.15, -0.1) is 0 Å². The van der Waals surface area contributed by atoms with Crippen LogP contribution in [-0.2, 0) is 14.6 Å². The summed E-state index contributed by atoms with van der Waals surface area (Å²) in [6.45, 7) is 10.7. The fraction of sp³-hybridized carbons (Fsp3) is 0.579. The van der Waals surface area contributed by atoms with E-state index in [4.69, 9.17) is 4.74 Å². The molecule has 0 saturated heterocycles. The standard InChI is InChI=1S/C19H29NO5S/c1-13(2)25-18(22)20-17(19(4,5)6)12-26(23,24)14(3)16-9-7-15(11-21)8-10-16/h7-11,13-14,17H,12H2,1-6H3,(H,20,22). The average Bonchev–Trinajstić information content (AvgIpc) is 2.51. The molecule has 0 aliphatic carbocycles. The van der Waals surface area contributed by atoms with Gasteiger partial charge in [-0.2, -0.15) is 0 Å². The van der Waals surface area contributed by atoms with Crippen LogP contribution in [0.3, 0.4) is 0 Å². The van der Waals surface area contributed by atoms with Gasteiger partial charge in [0.25, 0.3) is 0 Å². The molecule has 0 bridgehead atoms. The molecule has 0 fully saturated rings. The number of nitrogens with one attached hydrogen (secondary N) is 1. The Morgan fingerprint density at radius 3 is 2.12 bits per heavy atom. The topological polar surface area (TPSA) is 89.5 Å². The normalized spacial score (nSPS) is 14.6. The molecule has 2 unspecified atom stereocenters. The number of carbonyl (C=O) groups is 2. The summed E-state index contributed by atoms with van der Waals surface area (Å²) in [6.07, 6.45) is -0.205. The van der Waals surface area contributed by atoms with Crippen LogP contribution >= 0.6 is 0 Å². The quantitative estimate of drug-likeness (QED) is 0.728. The molecule has 1 aromatic carbocycles. The molecule has 1 amide bonds. The van der Waals surface area contributed by atoms with Crippen molar-refractivity contribution >= 4 is 22.2 Å². The molecule has 146 valence electrons. The van der Waals surface area contributed by atoms with Gasteiger partial charge in [0.05, 0.1) is 23.1 Å². The number of hydrogen-bond donors (Lipinski definition) is 1. The molecule has 0 heterocycles. The first-order chi connectivity index (χ1) is 11.9. The van der Waals surface area contributed by atoms with Crippen molar-refractivity contribution in [2.24, 2.45) is 5.41 Å². The lowest BCUT2D eigenvalue weighted by Gasteiger charge is -2.32. The van der Waals surface area contributed by atoms with Gasteiger partial charge in [0, 0.05) is 5.56 Å². The number of ether oxygens (including phenoxy) is 1. The lowest BCUT2D eigenvalue weighted by molar-refractivity contribution is 0.106. The van der Waals surface area contributed by atoms with Crippen LogP contribution < -0.4 is 5.32 Å². The minimum Gasteiger partial charge on any atom is -0.447 e. The summed E-state index contributed by atoms with van der Waals surface area (Å²) in [5.41, 5.74) is 0.626. The zero-order valence-corrected chi connectivity index (χ0v) is 17.1. The van der Waals surface area contributed by atoms with Crippen molar-refractivity contribution in [2.45, 2.75) is 58.9 Å². The van der Waals surface area contributed by atoms with Crippen LogP contribution in [0.4, 0.5) is 4.79 Å². The molecular weight excluding hydrogens is 354 g/mol. The van der Waals surface area contributed by atoms with Gasteiger partial charge >= 0.3 is 6.09 Å². The number of sulfone groups is 1. The van der Waals surface area contributed by atoms with Gasteiger partial charge < -0.3 is 10.1 Å². The van der Waals surface area contributed by atoms with E-state index in [9.17, 15) is 18.0 Å². The van der Waals surface area contributed by atoms with E-state index in [1.807, 2.05) is 20.8 Å². The molecule has 0 aromatic heterocycles. The van der Waals surface area contributed by atoms with Gasteiger partial charge in [0.1, 0.15) is 6.29 Å². The third-order valence-corrected chi connectivity index (χ3v) is 6.31. The van der Waals surface area contributed by atoms with Crippen LogP contribution in [0.5, 0.6) is 0 Å². The number of hydrogen-bond acceptors (Lipinski definition) is 5. The van der Waals surface area contributed by atoms with Gasteiger partial charge in [0.15, 0.2) is 9.84 Å². The summed E-state index contributed by atoms with van der Waals surface area (Å²) in [5.74, 6) is -0.208. The van der Waals surface area contributed by atoms with Crippen LogP contribution in [0.2, 0.25) is 0 Å². The molecule has 0 radical (unpaired) electrons. The third kappa shape index (κ3) is 6.44. The number of benzene rings is 1. The molecule has 1 aromatic rings. The largest absolute Gasteiger partial charge is 0.447 e. The first kappa shape index (κ1) is 22.2. The summed E-state index contributed by atoms with van der Waals surface area (Å²) in [7, 11) is -3.55. The molecular formula is C19H29NO5S. The Hall–Kier alpha value is -1.89. The van der Waals surface area contributed by atoms with Crippen LogP contribution in [-0.4, -0.2) is 38.7 Å². The van der Waals surface area contributed by atoms with E-state index in [0.717, 1.165) is 0 Å². The highest BCUT2D eigenvalue weighted by molar-refractivity contribution is 7.91. The van der Waals surface area contributed by atoms with Crippen LogP contribution in [0.25, 0.3) is 0 Å². The van der Waals surface area contributed by atoms with Gasteiger partial charge in [-0.05, 0) is 31.7 Å². The molecule has 2 atom stereocenters. The van der Waals surface area contributed by atoms with E-state index in [1.165, 1.54) is 0 Å². The van der Waals surface area contributed by atoms with Crippen molar-refractivity contribution < 1.29 is 22.7 Å². The average molecular weight is 384 g/mol. The number of alkyl carbamates (subject to hydrolysis) is 1. The lowest BCUT2D eigenvalue weighted by atomic mass is 9.88. The van der Waals surface area contributed by atoms with E-state index < -0.39 is 32.6 Å². The maximum absolute atomic E-state index is 12.9. The third-order valence-electron chi connectivity index (χ3n) is 4.16. The second-order valence-corrected chi connectivity index (χ2v) is 10.1. The second-order valence-electron chi connectivity index (χ2n) is 7.77. The van der Waals surface area contributed by atoms with E-state index in [0.29, 0.717) is 17.4 Å². The second kappa shape index (κ2) is 8.66. The fourth-order valence-corrected chi connectivity index (χ4v) is 4.24. The summed E-state index contributed by atoms with van der Waals surface area (Å²) in [6, 6.07) is 5.86. The predicted molar refractivity (Wildman–Crippen MR) is 102 cm³/mol. The monoisotopic (exact) mass is 383 g/mol. The number of aldehydes is 1. The van der Waals surface area contributed by atoms with E-state index >= 15 is 0 Å². The number of rotatable bonds is 7. The van der Waals surface area contributed by atoms with Crippen molar-refractivity contribution in [3.05, 3.63) is 35.4 Å². The van der Waals surface area contributed by atoms with E-state index in [1.54, 1.807) is 45.0 Å². The summed E-state index contributed by atoms with van der Waals surface area (Å²) in [4.78, 5) is 22.7. The van der Waals surface area contributed by atoms with Gasteiger partial charge in [-0.25, -0.2) is 13.2 Å². The van der Waals surface area contributed by atoms with E-state index in [-0.39, 0.29) is 11.9 Å². The summed E-state index contributed by atoms with van der Waals surface area (Å²) < 4.78 is 30.9. The Bertz CT molecular complexity index is 717. The Labute approximate surface area is 156 Å². The van der Waals surface area contributed by atoms with Gasteiger partial charge in [-0.3, -0.25) is 4.79 Å². The molecule has 0 saturated carbocycles. The SMILES string of the molecule is CC(C)OC(=O)NC(CS(=O)(=O)C(C)c1ccc(C=O)cc1)C(C)(C)C. The molecule has 1 N–H and O–H groups in total. The molecule has 0 aliphatic rings. The molecule has 0 aliphatic heterocycles. The maximum atomic E-state index is 12.9. The highest BCUT2D eigenvalue weighted by Crippen LogP contribution is 2.28. The van der Waals surface area contributed by atoms with Crippen molar-refractivity contribution in [2.75, 3.05) is 5.75 Å². The first-order valence-electron chi connectivity index (χ1n) is 8.60. The van der Waals surface area contributed by atoms with Crippen molar-refractivity contribution in [3.63, 3.8) is 0 Å². The number of carbonyl (C=O) groups excluding carboxylic acids is 2. The lowest BCUT2D eigenvalue weighted by Crippen LogP contribution is -2.49. The Morgan fingerprint density at radius 2 is 1.69 bits per heavy atom. The molecule has 6 nitrogen and oxygen atoms in total. The fourth-order valence-electron chi connectivity index (χ4n) is 2.33. The Morgan fingerprint density at radius 1 is 1.15 bits per heavy atom. The number of amides is 1. The molecule has 0 spiro atoms. The predicted octanol–water partition coefficient (Wildman–Crippen LogP) is 3.52. The molecule has 26 heavy (non-hydrogen) atoms. The van der Waals surface area contributed by atoms with Crippen LogP contribution in [0, 0.1) is 5.41 Å². The summed E-state index contributed by atoms with van der Waals surface area (Å²) >= 11 is 0. The zero-order chi connectivity index (χ0) is 20.1. The van der Waals surface area contributed by atoms with Crippen molar-refractivity contribution in [3.8, 4) is 0 Å². The Kier molecular flexibility index (Phi) is 7.38. The first-order valence-corrected chi connectivity index (χ1v) is 10.3. The molecule has 1 rings (SSSR count). The van der Waals surface area contributed by atoms with Crippen molar-refractivity contribution in [1.82, 2.24) is 5.32 Å². The Balaban J connectivity index is 2.99. The minimum absolute atomic E-state index is 0.208. The highest BCUT2D eigenvalue weighted by Gasteiger charge is 2.34. The maximum Gasteiger partial charge on any atom is 0.407 e. The highest BCUT2D eigenvalue weighted by atomic mass is 32.2. The summed E-state index contributed by atoms with van der Waals surface area (Å²) in [5, 5.41) is 1.93. The zero-order valence-electron chi connectivity index (χ0n) is 16.3. The van der Waals surface area contributed by atoms with Gasteiger partial charge in [0.2, 0.25) is 0 Å². The van der Waals surface area contributed by atoms with E-state index in [2.05, 4.69) is 5.32 Å². The smallest absolute Gasteiger partial charge is 0.407 e. The molecule has 7 heteroatoms. The minimum atomic E-state index is -3.55.